The highest BCUT2D eigenvalue weighted by atomic mass is 16.3. The number of hydrogen-bond acceptors (Lipinski definition) is 2. The maximum atomic E-state index is 12.8. The van der Waals surface area contributed by atoms with Crippen LogP contribution >= 0.6 is 0 Å². The van der Waals surface area contributed by atoms with Crippen molar-refractivity contribution in [2.24, 2.45) is 5.41 Å². The average Bonchev–Trinajstić information content (AvgIpc) is 2.80. The summed E-state index contributed by atoms with van der Waals surface area (Å²) in [7, 11) is 0. The topological polar surface area (TPSA) is 37.3 Å². The van der Waals surface area contributed by atoms with Gasteiger partial charge in [0, 0.05) is 17.1 Å². The van der Waals surface area contributed by atoms with Gasteiger partial charge in [-0.15, -0.1) is 0 Å². The molecule has 1 atom stereocenters. The zero-order valence-electron chi connectivity index (χ0n) is 14.3. The van der Waals surface area contributed by atoms with Gasteiger partial charge in [-0.1, -0.05) is 87.5 Å². The number of hydrogen-bond donors (Lipinski definition) is 1. The van der Waals surface area contributed by atoms with Crippen LogP contribution in [0.15, 0.2) is 78.1 Å². The number of carbonyl (C=O) groups excluding carboxylic acids is 1. The molecule has 0 spiro atoms. The molecule has 0 bridgehead atoms. The molecule has 122 valence electrons. The molecule has 1 aliphatic carbocycles. The van der Waals surface area contributed by atoms with E-state index in [0.717, 1.165) is 11.1 Å². The predicted octanol–water partition coefficient (Wildman–Crippen LogP) is 5.29. The van der Waals surface area contributed by atoms with Crippen molar-refractivity contribution in [3.63, 3.8) is 0 Å². The fraction of sp³-hybridized carbons (Fsp3) is 0.227. The number of allylic oxidation sites excluding steroid dienone is 3. The summed E-state index contributed by atoms with van der Waals surface area (Å²) in [5.41, 5.74) is 3.11. The molecule has 0 aromatic heterocycles. The maximum Gasteiger partial charge on any atom is 0.224 e. The second kappa shape index (κ2) is 6.12. The molecule has 0 unspecified atom stereocenters. The number of benzene rings is 2. The van der Waals surface area contributed by atoms with Crippen LogP contribution in [0.3, 0.4) is 0 Å². The van der Waals surface area contributed by atoms with Crippen LogP contribution in [0.1, 0.15) is 37.8 Å². The van der Waals surface area contributed by atoms with Gasteiger partial charge in [0.15, 0.2) is 5.76 Å². The third kappa shape index (κ3) is 3.05. The lowest BCUT2D eigenvalue weighted by molar-refractivity contribution is -0.114. The molecule has 0 saturated heterocycles. The van der Waals surface area contributed by atoms with Crippen LogP contribution in [-0.4, -0.2) is 10.9 Å². The van der Waals surface area contributed by atoms with Gasteiger partial charge in [-0.3, -0.25) is 4.79 Å². The molecule has 0 aliphatic heterocycles. The van der Waals surface area contributed by atoms with E-state index in [1.807, 2.05) is 66.7 Å². The van der Waals surface area contributed by atoms with E-state index in [1.54, 1.807) is 0 Å². The monoisotopic (exact) mass is 318 g/mol. The normalized spacial score (nSPS) is 20.0. The van der Waals surface area contributed by atoms with Crippen LogP contribution in [0.4, 0.5) is 0 Å². The summed E-state index contributed by atoms with van der Waals surface area (Å²) < 4.78 is 0. The Kier molecular flexibility index (Phi) is 4.15. The number of rotatable bonds is 2. The minimum absolute atomic E-state index is 0.134. The van der Waals surface area contributed by atoms with Crippen molar-refractivity contribution in [3.8, 4) is 0 Å². The minimum Gasteiger partial charge on any atom is -0.504 e. The van der Waals surface area contributed by atoms with Crippen LogP contribution in [0.5, 0.6) is 0 Å². The standard InChI is InChI=1S/C22H22O2/c1-22(2,3)14-17-18(15-10-6-4-7-11-15)19(21(24)20(17)23)16-12-8-5-9-13-16/h4-14,18,24H,1-3H3/b17-14-/t18-/m0/s1. The van der Waals surface area contributed by atoms with Crippen molar-refractivity contribution in [1.82, 2.24) is 0 Å². The van der Waals surface area contributed by atoms with E-state index in [9.17, 15) is 9.90 Å². The SMILES string of the molecule is CC(C)(C)/C=C1\C(=O)C(O)=C(c2ccccc2)[C@H]1c1ccccc1. The second-order valence-electron chi connectivity index (χ2n) is 7.27. The molecular formula is C22H22O2. The molecule has 0 saturated carbocycles. The van der Waals surface area contributed by atoms with E-state index in [0.29, 0.717) is 11.1 Å². The largest absolute Gasteiger partial charge is 0.504 e. The minimum atomic E-state index is -0.266. The van der Waals surface area contributed by atoms with E-state index < -0.39 is 0 Å². The Morgan fingerprint density at radius 1 is 0.917 bits per heavy atom. The molecule has 1 aliphatic rings. The third-order valence-electron chi connectivity index (χ3n) is 4.14. The molecule has 2 nitrogen and oxygen atoms in total. The highest BCUT2D eigenvalue weighted by Crippen LogP contribution is 2.47. The lowest BCUT2D eigenvalue weighted by Gasteiger charge is -2.20. The quantitative estimate of drug-likeness (QED) is 0.763. The van der Waals surface area contributed by atoms with Gasteiger partial charge in [-0.25, -0.2) is 0 Å². The molecular weight excluding hydrogens is 296 g/mol. The number of aliphatic hydroxyl groups is 1. The van der Waals surface area contributed by atoms with Gasteiger partial charge >= 0.3 is 0 Å². The summed E-state index contributed by atoms with van der Waals surface area (Å²) in [6.45, 7) is 6.19. The Labute approximate surface area is 143 Å². The Balaban J connectivity index is 2.23. The molecule has 0 heterocycles. The molecule has 0 amide bonds. The van der Waals surface area contributed by atoms with Crippen molar-refractivity contribution in [2.75, 3.05) is 0 Å². The number of aliphatic hydroxyl groups excluding tert-OH is 1. The molecule has 2 aromatic carbocycles. The van der Waals surface area contributed by atoms with Gasteiger partial charge in [0.1, 0.15) is 0 Å². The third-order valence-corrected chi connectivity index (χ3v) is 4.14. The summed E-state index contributed by atoms with van der Waals surface area (Å²) >= 11 is 0. The van der Waals surface area contributed by atoms with Gasteiger partial charge in [0.2, 0.25) is 5.78 Å². The Bertz CT molecular complexity index is 806. The van der Waals surface area contributed by atoms with Crippen molar-refractivity contribution in [3.05, 3.63) is 89.2 Å². The smallest absolute Gasteiger partial charge is 0.224 e. The molecule has 0 fully saturated rings. The van der Waals surface area contributed by atoms with Crippen molar-refractivity contribution >= 4 is 11.4 Å². The first-order valence-corrected chi connectivity index (χ1v) is 8.19. The molecule has 2 heteroatoms. The van der Waals surface area contributed by atoms with Crippen molar-refractivity contribution in [2.45, 2.75) is 26.7 Å². The van der Waals surface area contributed by atoms with Gasteiger partial charge in [0.25, 0.3) is 0 Å². The summed E-state index contributed by atoms with van der Waals surface area (Å²) in [6, 6.07) is 19.6. The number of ketones is 1. The van der Waals surface area contributed by atoms with Gasteiger partial charge in [-0.2, -0.15) is 0 Å². The second-order valence-corrected chi connectivity index (χ2v) is 7.27. The zero-order chi connectivity index (χ0) is 17.3. The fourth-order valence-corrected chi connectivity index (χ4v) is 3.21. The lowest BCUT2D eigenvalue weighted by atomic mass is 9.82. The van der Waals surface area contributed by atoms with Crippen LogP contribution in [-0.2, 0) is 4.79 Å². The highest BCUT2D eigenvalue weighted by Gasteiger charge is 2.39. The average molecular weight is 318 g/mol. The first-order chi connectivity index (χ1) is 11.4. The molecule has 0 radical (unpaired) electrons. The number of Topliss-reactive ketones (excluding diaryl/α,β-unsaturated/α-hetero) is 1. The van der Waals surface area contributed by atoms with Crippen molar-refractivity contribution in [1.29, 1.82) is 0 Å². The van der Waals surface area contributed by atoms with Crippen LogP contribution in [0.25, 0.3) is 5.57 Å². The van der Waals surface area contributed by atoms with E-state index in [-0.39, 0.29) is 22.9 Å². The van der Waals surface area contributed by atoms with Gasteiger partial charge < -0.3 is 5.11 Å². The van der Waals surface area contributed by atoms with E-state index >= 15 is 0 Å². The first kappa shape index (κ1) is 16.3. The Morgan fingerprint density at radius 3 is 2.00 bits per heavy atom. The van der Waals surface area contributed by atoms with Crippen LogP contribution in [0, 0.1) is 5.41 Å². The molecule has 24 heavy (non-hydrogen) atoms. The zero-order valence-corrected chi connectivity index (χ0v) is 14.3. The lowest BCUT2D eigenvalue weighted by Crippen LogP contribution is -2.10. The van der Waals surface area contributed by atoms with Crippen molar-refractivity contribution < 1.29 is 9.90 Å². The van der Waals surface area contributed by atoms with Crippen LogP contribution < -0.4 is 0 Å². The maximum absolute atomic E-state index is 12.8. The molecule has 1 N–H and O–H groups in total. The van der Waals surface area contributed by atoms with Gasteiger partial charge in [-0.05, 0) is 16.5 Å². The Hall–Kier alpha value is -2.61. The predicted molar refractivity (Wildman–Crippen MR) is 97.7 cm³/mol. The van der Waals surface area contributed by atoms with E-state index in [2.05, 4.69) is 20.8 Å². The fourth-order valence-electron chi connectivity index (χ4n) is 3.21. The van der Waals surface area contributed by atoms with Gasteiger partial charge in [0.05, 0.1) is 0 Å². The number of carbonyl (C=O) groups is 1. The Morgan fingerprint density at radius 2 is 1.46 bits per heavy atom. The molecule has 3 rings (SSSR count). The van der Waals surface area contributed by atoms with E-state index in [1.165, 1.54) is 0 Å². The first-order valence-electron chi connectivity index (χ1n) is 8.19. The molecule has 2 aromatic rings. The summed E-state index contributed by atoms with van der Waals surface area (Å²) in [4.78, 5) is 12.8. The van der Waals surface area contributed by atoms with E-state index in [4.69, 9.17) is 0 Å². The van der Waals surface area contributed by atoms with Crippen LogP contribution in [0.2, 0.25) is 0 Å². The summed E-state index contributed by atoms with van der Waals surface area (Å²) in [6.07, 6.45) is 1.99. The highest BCUT2D eigenvalue weighted by molar-refractivity contribution is 6.19. The summed E-state index contributed by atoms with van der Waals surface area (Å²) in [5.74, 6) is -0.636. The summed E-state index contributed by atoms with van der Waals surface area (Å²) in [5, 5.41) is 10.6.